The van der Waals surface area contributed by atoms with Crippen molar-refractivity contribution in [3.05, 3.63) is 94.0 Å². The first-order chi connectivity index (χ1) is 16.3. The molecule has 1 saturated heterocycles. The van der Waals surface area contributed by atoms with Crippen molar-refractivity contribution in [3.8, 4) is 0 Å². The highest BCUT2D eigenvalue weighted by Crippen LogP contribution is 2.54. The van der Waals surface area contributed by atoms with Crippen molar-refractivity contribution in [2.24, 2.45) is 0 Å². The molecule has 0 unspecified atom stereocenters. The summed E-state index contributed by atoms with van der Waals surface area (Å²) in [6.45, 7) is 2.15. The summed E-state index contributed by atoms with van der Waals surface area (Å²) in [5, 5.41) is 3.38. The lowest BCUT2D eigenvalue weighted by Crippen LogP contribution is -2.51. The van der Waals surface area contributed by atoms with Crippen LogP contribution in [-0.4, -0.2) is 29.1 Å². The summed E-state index contributed by atoms with van der Waals surface area (Å²) in [6, 6.07) is 15.3. The molecule has 5 rings (SSSR count). The van der Waals surface area contributed by atoms with E-state index in [0.29, 0.717) is 34.3 Å². The number of amides is 3. The van der Waals surface area contributed by atoms with E-state index in [1.54, 1.807) is 30.3 Å². The van der Waals surface area contributed by atoms with Gasteiger partial charge in [-0.05, 0) is 36.8 Å². The number of carbonyl (C=O) groups excluding carboxylic acids is 2. The maximum Gasteiger partial charge on any atom is 0.323 e. The predicted octanol–water partition coefficient (Wildman–Crippen LogP) is 5.91. The zero-order chi connectivity index (χ0) is 24.0. The number of urea groups is 1. The summed E-state index contributed by atoms with van der Waals surface area (Å²) in [7, 11) is 0. The molecule has 2 aliphatic rings. The normalized spacial score (nSPS) is 19.1. The van der Waals surface area contributed by atoms with E-state index in [1.807, 2.05) is 19.1 Å². The van der Waals surface area contributed by atoms with Crippen molar-refractivity contribution >= 4 is 46.7 Å². The van der Waals surface area contributed by atoms with E-state index in [2.05, 4.69) is 5.32 Å². The Morgan fingerprint density at radius 3 is 2.71 bits per heavy atom. The Bertz CT molecular complexity index is 1320. The fraction of sp³-hybridized carbons (Fsp3) is 0.200. The first kappa shape index (κ1) is 22.7. The zero-order valence-corrected chi connectivity index (χ0v) is 19.7. The average molecular weight is 500 g/mol. The van der Waals surface area contributed by atoms with Gasteiger partial charge in [-0.2, -0.15) is 0 Å². The Hall–Kier alpha value is -3.10. The molecule has 0 radical (unpaired) electrons. The van der Waals surface area contributed by atoms with Crippen LogP contribution in [0.4, 0.5) is 25.0 Å². The van der Waals surface area contributed by atoms with Gasteiger partial charge in [-0.25, -0.2) is 13.6 Å². The Morgan fingerprint density at radius 1 is 1.15 bits per heavy atom. The highest BCUT2D eigenvalue weighted by molar-refractivity contribution is 8.01. The van der Waals surface area contributed by atoms with Gasteiger partial charge in [0, 0.05) is 40.2 Å². The van der Waals surface area contributed by atoms with Crippen LogP contribution in [0.2, 0.25) is 5.02 Å². The number of hydrogen-bond acceptors (Lipinski definition) is 3. The maximum atomic E-state index is 14.4. The molecule has 2 aliphatic heterocycles. The van der Waals surface area contributed by atoms with Crippen LogP contribution in [0.25, 0.3) is 0 Å². The van der Waals surface area contributed by atoms with E-state index >= 15 is 0 Å². The molecule has 1 atom stereocenters. The van der Waals surface area contributed by atoms with Gasteiger partial charge in [0.1, 0.15) is 11.6 Å². The van der Waals surface area contributed by atoms with Gasteiger partial charge >= 0.3 is 6.03 Å². The zero-order valence-electron chi connectivity index (χ0n) is 18.1. The molecular formula is C25H20ClF2N3O2S. The van der Waals surface area contributed by atoms with Crippen LogP contribution in [0.15, 0.2) is 60.7 Å². The largest absolute Gasteiger partial charge is 0.323 e. The van der Waals surface area contributed by atoms with Crippen molar-refractivity contribution in [1.82, 2.24) is 4.90 Å². The third-order valence-electron chi connectivity index (χ3n) is 6.11. The van der Waals surface area contributed by atoms with Gasteiger partial charge in [0.05, 0.1) is 12.2 Å². The van der Waals surface area contributed by atoms with Crippen molar-refractivity contribution in [2.75, 3.05) is 22.5 Å². The number of anilines is 2. The van der Waals surface area contributed by atoms with E-state index in [0.717, 1.165) is 17.7 Å². The fourth-order valence-electron chi connectivity index (χ4n) is 4.41. The highest BCUT2D eigenvalue weighted by Gasteiger charge is 2.59. The van der Waals surface area contributed by atoms with Crippen molar-refractivity contribution in [1.29, 1.82) is 0 Å². The van der Waals surface area contributed by atoms with Crippen molar-refractivity contribution < 1.29 is 18.4 Å². The van der Waals surface area contributed by atoms with Gasteiger partial charge < -0.3 is 10.2 Å². The fourth-order valence-corrected chi connectivity index (χ4v) is 6.05. The van der Waals surface area contributed by atoms with Crippen LogP contribution in [0, 0.1) is 18.6 Å². The van der Waals surface area contributed by atoms with Gasteiger partial charge in [-0.3, -0.25) is 9.69 Å². The van der Waals surface area contributed by atoms with Gasteiger partial charge in [-0.15, -0.1) is 11.8 Å². The number of benzene rings is 3. The summed E-state index contributed by atoms with van der Waals surface area (Å²) in [4.78, 5) is 29.0. The number of halogens is 3. The summed E-state index contributed by atoms with van der Waals surface area (Å²) < 4.78 is 27.8. The molecule has 9 heteroatoms. The Morgan fingerprint density at radius 2 is 1.94 bits per heavy atom. The first-order valence-electron chi connectivity index (χ1n) is 10.7. The van der Waals surface area contributed by atoms with Crippen LogP contribution < -0.4 is 10.2 Å². The number of nitrogens with zero attached hydrogens (tertiary/aromatic N) is 2. The average Bonchev–Trinajstić information content (AvgIpc) is 3.35. The first-order valence-corrected chi connectivity index (χ1v) is 12.0. The minimum atomic E-state index is -1.27. The molecule has 1 fully saturated rings. The molecule has 174 valence electrons. The number of nitrogens with one attached hydrogen (secondary N) is 1. The number of aryl methyl sites for hydroxylation is 1. The van der Waals surface area contributed by atoms with Gasteiger partial charge in [0.2, 0.25) is 0 Å². The molecule has 1 spiro atoms. The molecule has 3 aromatic rings. The minimum absolute atomic E-state index is 0.0761. The van der Waals surface area contributed by atoms with Gasteiger partial charge in [-0.1, -0.05) is 41.9 Å². The van der Waals surface area contributed by atoms with Crippen LogP contribution >= 0.6 is 23.4 Å². The van der Waals surface area contributed by atoms with E-state index in [4.69, 9.17) is 11.6 Å². The summed E-state index contributed by atoms with van der Waals surface area (Å²) in [5.41, 5.74) is 2.87. The molecular weight excluding hydrogens is 480 g/mol. The number of thioether (sulfide) groups is 1. The molecule has 0 aromatic heterocycles. The van der Waals surface area contributed by atoms with E-state index in [9.17, 15) is 18.4 Å². The van der Waals surface area contributed by atoms with E-state index < -0.39 is 22.5 Å². The maximum absolute atomic E-state index is 14.4. The Kier molecular flexibility index (Phi) is 5.73. The van der Waals surface area contributed by atoms with Crippen molar-refractivity contribution in [3.63, 3.8) is 0 Å². The van der Waals surface area contributed by atoms with Crippen molar-refractivity contribution in [2.45, 2.75) is 18.3 Å². The number of para-hydroxylation sites is 1. The molecule has 0 aliphatic carbocycles. The third kappa shape index (κ3) is 3.61. The van der Waals surface area contributed by atoms with Crippen LogP contribution in [0.1, 0.15) is 16.7 Å². The molecule has 0 bridgehead atoms. The lowest BCUT2D eigenvalue weighted by atomic mass is 10.1. The highest BCUT2D eigenvalue weighted by atomic mass is 35.5. The standard InChI is InChI=1S/C25H20ClF2N3O2S/c1-15-6-9-18(13-20(15)26)29-24(33)31-10-11-34-25(31)19-4-2-3-5-22(19)30(23(25)32)14-16-7-8-17(27)12-21(16)28/h2-9,12-13H,10-11,14H2,1H3,(H,29,33)/t25-/m1/s1. The second-order valence-electron chi connectivity index (χ2n) is 8.18. The number of hydrogen-bond donors (Lipinski definition) is 1. The van der Waals surface area contributed by atoms with Crippen LogP contribution in [0.5, 0.6) is 0 Å². The van der Waals surface area contributed by atoms with Crippen LogP contribution in [-0.2, 0) is 16.2 Å². The topological polar surface area (TPSA) is 52.7 Å². The summed E-state index contributed by atoms with van der Waals surface area (Å²) in [6.07, 6.45) is 0. The van der Waals surface area contributed by atoms with Crippen LogP contribution in [0.3, 0.4) is 0 Å². The third-order valence-corrected chi connectivity index (χ3v) is 7.94. The molecule has 0 saturated carbocycles. The SMILES string of the molecule is Cc1ccc(NC(=O)N2CCS[C@]23C(=O)N(Cc2ccc(F)cc2F)c2ccccc23)cc1Cl. The van der Waals surface area contributed by atoms with E-state index in [1.165, 1.54) is 27.6 Å². The summed E-state index contributed by atoms with van der Waals surface area (Å²) in [5.74, 6) is -1.19. The number of rotatable bonds is 3. The minimum Gasteiger partial charge on any atom is -0.308 e. The molecule has 5 nitrogen and oxygen atoms in total. The summed E-state index contributed by atoms with van der Waals surface area (Å²) >= 11 is 7.57. The molecule has 1 N–H and O–H groups in total. The lowest BCUT2D eigenvalue weighted by Gasteiger charge is -2.33. The lowest BCUT2D eigenvalue weighted by molar-refractivity contribution is -0.123. The van der Waals surface area contributed by atoms with E-state index in [-0.39, 0.29) is 18.0 Å². The monoisotopic (exact) mass is 499 g/mol. The second-order valence-corrected chi connectivity index (χ2v) is 9.88. The Balaban J connectivity index is 1.50. The molecule has 2 heterocycles. The second kappa shape index (κ2) is 8.60. The quantitative estimate of drug-likeness (QED) is 0.487. The molecule has 3 aromatic carbocycles. The smallest absolute Gasteiger partial charge is 0.308 e. The predicted molar refractivity (Wildman–Crippen MR) is 130 cm³/mol. The number of carbonyl (C=O) groups is 2. The molecule has 34 heavy (non-hydrogen) atoms. The van der Waals surface area contributed by atoms with Gasteiger partial charge in [0.15, 0.2) is 4.87 Å². The van der Waals surface area contributed by atoms with Gasteiger partial charge in [0.25, 0.3) is 5.91 Å². The molecule has 3 amide bonds. The number of fused-ring (bicyclic) bond motifs is 2. The Labute approximate surface area is 204 Å².